The fraction of sp³-hybridized carbons (Fsp3) is 0.435. The monoisotopic (exact) mass is 1530 g/mol. The van der Waals surface area contributed by atoms with Gasteiger partial charge >= 0.3 is 0 Å². The highest BCUT2D eigenvalue weighted by atomic mass is 16.5. The van der Waals surface area contributed by atoms with Crippen LogP contribution in [0, 0.1) is 0 Å². The Balaban J connectivity index is -0.00000129. The summed E-state index contributed by atoms with van der Waals surface area (Å²) >= 11 is 0. The molecule has 109 heavy (non-hydrogen) atoms. The molecule has 8 aromatic carbocycles. The molecule has 4 aliphatic rings. The predicted octanol–water partition coefficient (Wildman–Crippen LogP) is 18.4. The van der Waals surface area contributed by atoms with Gasteiger partial charge in [0.2, 0.25) is 0 Å². The number of fused-ring (bicyclic) bond motifs is 4. The Morgan fingerprint density at radius 2 is 0.523 bits per heavy atom. The summed E-state index contributed by atoms with van der Waals surface area (Å²) in [5, 5.41) is 129. The molecular formula is C85H128O24. The van der Waals surface area contributed by atoms with E-state index < -0.39 is 42.7 Å². The number of rotatable bonds is 11. The Labute approximate surface area is 647 Å². The van der Waals surface area contributed by atoms with Crippen LogP contribution in [0.4, 0.5) is 0 Å². The molecule has 0 amide bonds. The van der Waals surface area contributed by atoms with E-state index in [9.17, 15) is 66.4 Å². The molecule has 0 unspecified atom stereocenters. The fourth-order valence-corrected chi connectivity index (χ4v) is 10.9. The zero-order valence-electron chi connectivity index (χ0n) is 64.3. The zero-order valence-corrected chi connectivity index (χ0v) is 64.3. The maximum absolute atomic E-state index is 10.4. The van der Waals surface area contributed by atoms with Crippen molar-refractivity contribution < 1.29 is 118 Å². The van der Waals surface area contributed by atoms with Crippen LogP contribution in [0.1, 0.15) is 196 Å². The van der Waals surface area contributed by atoms with E-state index in [2.05, 4.69) is 0 Å². The second-order valence-corrected chi connectivity index (χ2v) is 21.3. The minimum Gasteiger partial charge on any atom is -0.508 e. The van der Waals surface area contributed by atoms with Crippen LogP contribution < -0.4 is 47.4 Å². The first kappa shape index (κ1) is 103. The molecule has 4 heterocycles. The van der Waals surface area contributed by atoms with Crippen LogP contribution >= 0.6 is 0 Å². The fourth-order valence-electron chi connectivity index (χ4n) is 10.9. The average molecular weight is 1530 g/mol. The van der Waals surface area contributed by atoms with E-state index in [0.29, 0.717) is 104 Å². The Morgan fingerprint density at radius 3 is 0.826 bits per heavy atom. The molecular weight excluding hydrogens is 1400 g/mol. The molecule has 0 saturated heterocycles. The van der Waals surface area contributed by atoms with Crippen LogP contribution in [0.3, 0.4) is 0 Å². The number of hydrogen-bond donors (Lipinski definition) is 13. The first-order valence-electron chi connectivity index (χ1n) is 35.2. The van der Waals surface area contributed by atoms with Crippen LogP contribution in [-0.2, 0) is 30.4 Å². The molecule has 24 heteroatoms. The molecule has 612 valence electrons. The van der Waals surface area contributed by atoms with E-state index in [4.69, 9.17) is 52.1 Å². The Bertz CT molecular complexity index is 3840. The lowest BCUT2D eigenvalue weighted by Gasteiger charge is -2.33. The highest BCUT2D eigenvalue weighted by Crippen LogP contribution is 2.48. The third-order valence-electron chi connectivity index (χ3n) is 15.6. The van der Waals surface area contributed by atoms with E-state index in [0.717, 1.165) is 5.56 Å². The average Bonchev–Trinajstić information content (AvgIpc) is 0.742. The van der Waals surface area contributed by atoms with Crippen LogP contribution in [0.5, 0.6) is 115 Å². The maximum atomic E-state index is 10.4. The molecule has 13 N–H and O–H groups in total. The number of aliphatic hydroxyl groups is 3. The van der Waals surface area contributed by atoms with Crippen LogP contribution in [0.2, 0.25) is 0 Å². The Morgan fingerprint density at radius 1 is 0.266 bits per heavy atom. The normalized spacial score (nSPS) is 16.9. The number of ether oxygens (including phenoxy) is 11. The molecule has 0 aliphatic carbocycles. The summed E-state index contributed by atoms with van der Waals surface area (Å²) in [5.41, 5.74) is 5.01. The molecule has 0 radical (unpaired) electrons. The molecule has 0 spiro atoms. The van der Waals surface area contributed by atoms with Crippen molar-refractivity contribution in [3.05, 3.63) is 166 Å². The van der Waals surface area contributed by atoms with Gasteiger partial charge in [0.1, 0.15) is 93.4 Å². The van der Waals surface area contributed by atoms with E-state index in [1.807, 2.05) is 96.9 Å². The van der Waals surface area contributed by atoms with Gasteiger partial charge in [0.15, 0.2) is 52.1 Å². The van der Waals surface area contributed by atoms with Gasteiger partial charge in [-0.3, -0.25) is 0 Å². The highest BCUT2D eigenvalue weighted by Gasteiger charge is 2.37. The number of aromatic hydroxyl groups is 10. The van der Waals surface area contributed by atoms with Gasteiger partial charge < -0.3 is 118 Å². The summed E-state index contributed by atoms with van der Waals surface area (Å²) in [5.74, 6) is 3.61. The predicted molar refractivity (Wildman–Crippen MR) is 431 cm³/mol. The van der Waals surface area contributed by atoms with Crippen LogP contribution in [-0.4, -0.2) is 141 Å². The van der Waals surface area contributed by atoms with Crippen molar-refractivity contribution in [3.8, 4) is 115 Å². The number of methoxy groups -OCH3 is 7. The SMILES string of the molecule is C.C.C.C.CC.CC.CC.CC.CC.CC.CC.COc1cc(O)c2c(c1)O[C@H](c1ccc(O)c(OC)c1)[C@H](O)C2.COc1cc([C@H]2Oc3cc(O)cc(O)c3C[C@H]2O)ccc1O.COc1cc([C@H]2Oc3cc(O)cc(O)c3C[C@H]2OC)ccc1O.COc1cc([C@H]2Oc3cc(O)cc(OC)c3C[C@H]2O)ccc1O. The first-order valence-corrected chi connectivity index (χ1v) is 35.2. The lowest BCUT2D eigenvalue weighted by atomic mass is 9.93. The smallest absolute Gasteiger partial charge is 0.160 e. The van der Waals surface area contributed by atoms with Gasteiger partial charge in [-0.25, -0.2) is 0 Å². The summed E-state index contributed by atoms with van der Waals surface area (Å²) in [6.07, 6.45) is -4.05. The zero-order chi connectivity index (χ0) is 79.5. The summed E-state index contributed by atoms with van der Waals surface area (Å²) in [4.78, 5) is 0. The molecule has 0 bridgehead atoms. The van der Waals surface area contributed by atoms with Crippen LogP contribution in [0.15, 0.2) is 121 Å². The van der Waals surface area contributed by atoms with E-state index >= 15 is 0 Å². The Hall–Kier alpha value is -10.4. The number of benzene rings is 8. The molecule has 0 aromatic heterocycles. The van der Waals surface area contributed by atoms with Gasteiger partial charge in [0.05, 0.1) is 61.0 Å². The standard InChI is InChI=1S/3C17H18O6.C16H16O6.7C2H6.4CH4/c1-21-14-6-10(18)7-15-11(14)8-13(20)17(23-15)9-3-4-12(19)16(5-9)22-2;1-21-10-6-13(19)11-8-14(20)17(23-15(11)7-10)9-3-4-12(18)16(5-9)22-2;1-21-15-5-9(3-4-12(15)19)17-16(22-2)8-11-13(20)6-10(18)7-14(11)23-17;1-21-15-4-8(2-3-11(15)18)16-13(20)7-10-12(19)5-9(17)6-14(10)22-16;7*1-2;;;;/h3-7,13,17-20H,8H2,1-2H3;3-7,14,17-20H,8H2,1-2H3;3-7,16-20H,8H2,1-2H3;2-6,13,16-20H,7H2,1H3;7*1-2H3;4*1H4/t13-,17-;14-,17-;16-,17-;13-,16-;;;;;;;;;;;/m1111.........../s1. The molecule has 4 aliphatic heterocycles. The van der Waals surface area contributed by atoms with Crippen molar-refractivity contribution in [2.24, 2.45) is 0 Å². The van der Waals surface area contributed by atoms with Crippen LogP contribution in [0.25, 0.3) is 0 Å². The molecule has 0 saturated carbocycles. The lowest BCUT2D eigenvalue weighted by Crippen LogP contribution is -2.32. The molecule has 24 nitrogen and oxygen atoms in total. The molecule has 8 aromatic rings. The van der Waals surface area contributed by atoms with Gasteiger partial charge in [-0.15, -0.1) is 0 Å². The number of phenols is 10. The van der Waals surface area contributed by atoms with Gasteiger partial charge in [-0.2, -0.15) is 0 Å². The summed E-state index contributed by atoms with van der Waals surface area (Å²) < 4.78 is 59.6. The first-order chi connectivity index (χ1) is 50.6. The quantitative estimate of drug-likeness (QED) is 0.0572. The van der Waals surface area contributed by atoms with Gasteiger partial charge in [-0.1, -0.05) is 151 Å². The largest absolute Gasteiger partial charge is 0.508 e. The van der Waals surface area contributed by atoms with E-state index in [1.54, 1.807) is 61.7 Å². The number of aliphatic hydroxyl groups excluding tert-OH is 3. The lowest BCUT2D eigenvalue weighted by molar-refractivity contribution is -0.0122. The van der Waals surface area contributed by atoms with E-state index in [-0.39, 0.29) is 112 Å². The summed E-state index contributed by atoms with van der Waals surface area (Å²) in [6.45, 7) is 28.0. The minimum absolute atomic E-state index is 0. The maximum Gasteiger partial charge on any atom is 0.160 e. The van der Waals surface area contributed by atoms with Crippen molar-refractivity contribution in [3.63, 3.8) is 0 Å². The van der Waals surface area contributed by atoms with Gasteiger partial charge in [0, 0.05) is 104 Å². The van der Waals surface area contributed by atoms with Gasteiger partial charge in [0.25, 0.3) is 0 Å². The minimum atomic E-state index is -0.878. The number of phenolic OH excluding ortho intramolecular Hbond substituents is 10. The third kappa shape index (κ3) is 26.5. The summed E-state index contributed by atoms with van der Waals surface area (Å²) in [7, 11) is 10.4. The van der Waals surface area contributed by atoms with Crippen molar-refractivity contribution in [2.45, 2.75) is 201 Å². The topological polar surface area (TPSA) is 365 Å². The van der Waals surface area contributed by atoms with Crippen molar-refractivity contribution in [2.75, 3.05) is 49.8 Å². The van der Waals surface area contributed by atoms with Crippen molar-refractivity contribution in [1.82, 2.24) is 0 Å². The van der Waals surface area contributed by atoms with Crippen molar-refractivity contribution in [1.29, 1.82) is 0 Å². The molecule has 0 fully saturated rings. The molecule has 8 atom stereocenters. The van der Waals surface area contributed by atoms with Crippen molar-refractivity contribution >= 4 is 0 Å². The second-order valence-electron chi connectivity index (χ2n) is 21.3. The van der Waals surface area contributed by atoms with E-state index in [1.165, 1.54) is 109 Å². The second kappa shape index (κ2) is 51.8. The summed E-state index contributed by atoms with van der Waals surface area (Å²) in [6, 6.07) is 30.6. The molecule has 12 rings (SSSR count). The van der Waals surface area contributed by atoms with Gasteiger partial charge in [-0.05, 0) is 70.8 Å². The Kier molecular flexibility index (Phi) is 48.8. The highest BCUT2D eigenvalue weighted by molar-refractivity contribution is 5.57. The third-order valence-corrected chi connectivity index (χ3v) is 15.6. The number of hydrogen-bond acceptors (Lipinski definition) is 24.